The Kier molecular flexibility index (Phi) is 9.07. The van der Waals surface area contributed by atoms with Gasteiger partial charge in [-0.2, -0.15) is 0 Å². The van der Waals surface area contributed by atoms with Crippen LogP contribution in [0.3, 0.4) is 0 Å². The van der Waals surface area contributed by atoms with E-state index >= 15 is 0 Å². The first-order valence-electron chi connectivity index (χ1n) is 9.70. The first kappa shape index (κ1) is 21.5. The number of amides is 1. The lowest BCUT2D eigenvalue weighted by Gasteiger charge is -2.30. The Bertz CT molecular complexity index is 712. The zero-order valence-corrected chi connectivity index (χ0v) is 16.9. The van der Waals surface area contributed by atoms with E-state index in [1.54, 1.807) is 19.4 Å². The molecule has 1 unspecified atom stereocenters. The van der Waals surface area contributed by atoms with Crippen molar-refractivity contribution in [3.8, 4) is 0 Å². The van der Waals surface area contributed by atoms with Gasteiger partial charge in [0.25, 0.3) is 0 Å². The number of rotatable bonds is 10. The van der Waals surface area contributed by atoms with E-state index in [2.05, 4.69) is 64.0 Å². The summed E-state index contributed by atoms with van der Waals surface area (Å²) in [5.74, 6) is 1.20. The number of nitrogens with one attached hydrogen (secondary N) is 3. The van der Waals surface area contributed by atoms with E-state index in [1.807, 2.05) is 12.1 Å². The van der Waals surface area contributed by atoms with Gasteiger partial charge in [-0.3, -0.25) is 14.7 Å². The number of guanidine groups is 1. The van der Waals surface area contributed by atoms with Gasteiger partial charge in [-0.25, -0.2) is 0 Å². The molecule has 1 atom stereocenters. The van der Waals surface area contributed by atoms with Gasteiger partial charge in [-0.1, -0.05) is 44.2 Å². The topological polar surface area (TPSA) is 81.9 Å². The van der Waals surface area contributed by atoms with Crippen molar-refractivity contribution in [3.63, 3.8) is 0 Å². The molecule has 0 aliphatic rings. The summed E-state index contributed by atoms with van der Waals surface area (Å²) in [5, 5.41) is 9.21. The number of benzene rings is 1. The van der Waals surface area contributed by atoms with E-state index in [-0.39, 0.29) is 18.5 Å². The third-order valence-electron chi connectivity index (χ3n) is 4.58. The summed E-state index contributed by atoms with van der Waals surface area (Å²) in [6, 6.07) is 14.3. The van der Waals surface area contributed by atoms with Crippen molar-refractivity contribution < 1.29 is 9.21 Å². The van der Waals surface area contributed by atoms with Crippen molar-refractivity contribution in [2.24, 2.45) is 4.99 Å². The van der Waals surface area contributed by atoms with Crippen LogP contribution in [-0.4, -0.2) is 50.0 Å². The molecular formula is C21H31N5O2. The average molecular weight is 386 g/mol. The highest BCUT2D eigenvalue weighted by atomic mass is 16.3. The molecular weight excluding hydrogens is 354 g/mol. The zero-order chi connectivity index (χ0) is 20.2. The van der Waals surface area contributed by atoms with E-state index < -0.39 is 0 Å². The average Bonchev–Trinajstić information content (AvgIpc) is 3.26. The molecule has 0 aliphatic heterocycles. The van der Waals surface area contributed by atoms with Gasteiger partial charge in [0.1, 0.15) is 5.76 Å². The molecule has 1 aromatic carbocycles. The predicted octanol–water partition coefficient (Wildman–Crippen LogP) is 2.14. The van der Waals surface area contributed by atoms with Crippen LogP contribution in [0.25, 0.3) is 0 Å². The molecule has 1 amide bonds. The lowest BCUT2D eigenvalue weighted by atomic mass is 10.1. The zero-order valence-electron chi connectivity index (χ0n) is 16.9. The maximum absolute atomic E-state index is 12.0. The summed E-state index contributed by atoms with van der Waals surface area (Å²) in [4.78, 5) is 18.6. The highest BCUT2D eigenvalue weighted by molar-refractivity contribution is 5.86. The molecule has 7 heteroatoms. The Morgan fingerprint density at radius 2 is 1.82 bits per heavy atom. The van der Waals surface area contributed by atoms with Crippen molar-refractivity contribution in [1.82, 2.24) is 20.9 Å². The first-order chi connectivity index (χ1) is 13.7. The van der Waals surface area contributed by atoms with Gasteiger partial charge >= 0.3 is 0 Å². The number of aliphatic imine (C=N–C) groups is 1. The molecule has 2 rings (SSSR count). The Morgan fingerprint density at radius 1 is 1.07 bits per heavy atom. The van der Waals surface area contributed by atoms with Crippen LogP contribution in [0.2, 0.25) is 0 Å². The van der Waals surface area contributed by atoms with Gasteiger partial charge < -0.3 is 20.4 Å². The predicted molar refractivity (Wildman–Crippen MR) is 112 cm³/mol. The van der Waals surface area contributed by atoms with E-state index in [0.717, 1.165) is 18.8 Å². The van der Waals surface area contributed by atoms with Gasteiger partial charge in [0.05, 0.1) is 25.4 Å². The number of carbonyl (C=O) groups excluding carboxylic acids is 1. The molecule has 0 fully saturated rings. The van der Waals surface area contributed by atoms with Crippen LogP contribution in [0.4, 0.5) is 0 Å². The highest BCUT2D eigenvalue weighted by Gasteiger charge is 2.18. The molecule has 0 saturated carbocycles. The van der Waals surface area contributed by atoms with Crippen molar-refractivity contribution in [3.05, 3.63) is 60.1 Å². The summed E-state index contributed by atoms with van der Waals surface area (Å²) in [6.07, 6.45) is 1.59. The second-order valence-electron chi connectivity index (χ2n) is 6.31. The Hall–Kier alpha value is -2.80. The number of nitrogens with zero attached hydrogens (tertiary/aromatic N) is 2. The second-order valence-corrected chi connectivity index (χ2v) is 6.31. The summed E-state index contributed by atoms with van der Waals surface area (Å²) < 4.78 is 5.21. The highest BCUT2D eigenvalue weighted by Crippen LogP contribution is 2.19. The van der Waals surface area contributed by atoms with Crippen LogP contribution in [-0.2, 0) is 11.3 Å². The molecule has 0 aliphatic carbocycles. The third kappa shape index (κ3) is 6.74. The third-order valence-corrected chi connectivity index (χ3v) is 4.58. The minimum Gasteiger partial charge on any atom is -0.467 e. The number of furan rings is 1. The van der Waals surface area contributed by atoms with Crippen LogP contribution in [0.5, 0.6) is 0 Å². The number of likely N-dealkylation sites (N-methyl/N-ethyl adjacent to an activating group) is 1. The molecule has 1 aromatic heterocycles. The van der Waals surface area contributed by atoms with Crippen molar-refractivity contribution >= 4 is 11.9 Å². The van der Waals surface area contributed by atoms with Gasteiger partial charge in [0.15, 0.2) is 5.96 Å². The Morgan fingerprint density at radius 3 is 2.43 bits per heavy atom. The standard InChI is InChI=1S/C21H31N5O2/c1-4-26(5-2)19(17-10-7-6-8-11-17)15-24-21(22-3)25-16-20(27)23-14-18-12-9-13-28-18/h6-13,19H,4-5,14-16H2,1-3H3,(H,23,27)(H2,22,24,25). The minimum absolute atomic E-state index is 0.122. The van der Waals surface area contributed by atoms with Gasteiger partial charge in [0.2, 0.25) is 5.91 Å². The molecule has 152 valence electrons. The smallest absolute Gasteiger partial charge is 0.239 e. The summed E-state index contributed by atoms with van der Waals surface area (Å²) >= 11 is 0. The maximum atomic E-state index is 12.0. The van der Waals surface area contributed by atoms with E-state index in [1.165, 1.54) is 5.56 Å². The van der Waals surface area contributed by atoms with Crippen LogP contribution >= 0.6 is 0 Å². The number of hydrogen-bond donors (Lipinski definition) is 3. The fourth-order valence-corrected chi connectivity index (χ4v) is 3.04. The van der Waals surface area contributed by atoms with E-state index in [0.29, 0.717) is 19.0 Å². The van der Waals surface area contributed by atoms with Gasteiger partial charge in [-0.15, -0.1) is 0 Å². The van der Waals surface area contributed by atoms with E-state index in [9.17, 15) is 4.79 Å². The molecule has 0 spiro atoms. The molecule has 0 radical (unpaired) electrons. The number of hydrogen-bond acceptors (Lipinski definition) is 4. The van der Waals surface area contributed by atoms with Crippen LogP contribution in [0, 0.1) is 0 Å². The van der Waals surface area contributed by atoms with Crippen LogP contribution in [0.15, 0.2) is 58.1 Å². The second kappa shape index (κ2) is 11.8. The van der Waals surface area contributed by atoms with Crippen molar-refractivity contribution in [1.29, 1.82) is 0 Å². The monoisotopic (exact) mass is 385 g/mol. The summed E-state index contributed by atoms with van der Waals surface area (Å²) in [6.45, 7) is 7.45. The van der Waals surface area contributed by atoms with E-state index in [4.69, 9.17) is 4.42 Å². The number of carbonyl (C=O) groups is 1. The lowest BCUT2D eigenvalue weighted by Crippen LogP contribution is -2.46. The first-order valence-corrected chi connectivity index (χ1v) is 9.70. The van der Waals surface area contributed by atoms with Crippen molar-refractivity contribution in [2.45, 2.75) is 26.4 Å². The largest absolute Gasteiger partial charge is 0.467 e. The molecule has 3 N–H and O–H groups in total. The van der Waals surface area contributed by atoms with Crippen LogP contribution in [0.1, 0.15) is 31.2 Å². The normalized spacial score (nSPS) is 12.6. The molecule has 7 nitrogen and oxygen atoms in total. The summed E-state index contributed by atoms with van der Waals surface area (Å²) in [7, 11) is 1.70. The molecule has 1 heterocycles. The molecule has 28 heavy (non-hydrogen) atoms. The SMILES string of the molecule is CCN(CC)C(CNC(=NC)NCC(=O)NCc1ccco1)c1ccccc1. The van der Waals surface area contributed by atoms with Gasteiger partial charge in [0, 0.05) is 13.6 Å². The fraction of sp³-hybridized carbons (Fsp3) is 0.429. The maximum Gasteiger partial charge on any atom is 0.239 e. The minimum atomic E-state index is -0.122. The Labute approximate surface area is 167 Å². The molecule has 2 aromatic rings. The molecule has 0 saturated heterocycles. The van der Waals surface area contributed by atoms with Gasteiger partial charge in [-0.05, 0) is 30.8 Å². The molecule has 0 bridgehead atoms. The lowest BCUT2D eigenvalue weighted by molar-refractivity contribution is -0.120. The summed E-state index contributed by atoms with van der Waals surface area (Å²) in [5.41, 5.74) is 1.25. The Balaban J connectivity index is 1.85. The van der Waals surface area contributed by atoms with Crippen molar-refractivity contribution in [2.75, 3.05) is 33.2 Å². The van der Waals surface area contributed by atoms with Crippen LogP contribution < -0.4 is 16.0 Å². The fourth-order valence-electron chi connectivity index (χ4n) is 3.04. The quantitative estimate of drug-likeness (QED) is 0.431.